The first kappa shape index (κ1) is 18.9. The summed E-state index contributed by atoms with van der Waals surface area (Å²) in [4.78, 5) is 10.8. The van der Waals surface area contributed by atoms with E-state index in [1.54, 1.807) is 11.1 Å². The molecule has 26 heavy (non-hydrogen) atoms. The largest absolute Gasteiger partial charge is 0.478 e. The van der Waals surface area contributed by atoms with Crippen molar-refractivity contribution in [1.82, 2.24) is 0 Å². The quantitative estimate of drug-likeness (QED) is 0.472. The van der Waals surface area contributed by atoms with Crippen molar-refractivity contribution in [3.8, 4) is 0 Å². The summed E-state index contributed by atoms with van der Waals surface area (Å²) in [5, 5.41) is 8.84. The Morgan fingerprint density at radius 2 is 2.00 bits per heavy atom. The number of hydrogen-bond acceptors (Lipinski definition) is 1. The number of aliphatic carboxylic acids is 1. The Morgan fingerprint density at radius 3 is 2.69 bits per heavy atom. The lowest BCUT2D eigenvalue weighted by Gasteiger charge is -2.46. The van der Waals surface area contributed by atoms with Gasteiger partial charge < -0.3 is 5.11 Å². The van der Waals surface area contributed by atoms with Gasteiger partial charge in [0.15, 0.2) is 0 Å². The lowest BCUT2D eigenvalue weighted by Crippen LogP contribution is -2.33. The van der Waals surface area contributed by atoms with E-state index < -0.39 is 5.97 Å². The molecule has 0 aromatic heterocycles. The van der Waals surface area contributed by atoms with Gasteiger partial charge >= 0.3 is 5.97 Å². The molecule has 1 fully saturated rings. The summed E-state index contributed by atoms with van der Waals surface area (Å²) in [7, 11) is 0. The second kappa shape index (κ2) is 6.72. The Bertz CT molecular complexity index is 766. The van der Waals surface area contributed by atoms with Gasteiger partial charge in [-0.2, -0.15) is 0 Å². The van der Waals surface area contributed by atoms with Crippen LogP contribution in [0.15, 0.2) is 58.2 Å². The molecule has 0 bridgehead atoms. The topological polar surface area (TPSA) is 37.3 Å². The Labute approximate surface area is 158 Å². The van der Waals surface area contributed by atoms with Crippen molar-refractivity contribution in [3.63, 3.8) is 0 Å². The van der Waals surface area contributed by atoms with Crippen LogP contribution in [-0.4, -0.2) is 11.1 Å². The highest BCUT2D eigenvalue weighted by Crippen LogP contribution is 2.57. The third-order valence-electron chi connectivity index (χ3n) is 6.00. The third kappa shape index (κ3) is 3.79. The summed E-state index contributed by atoms with van der Waals surface area (Å²) in [6, 6.07) is 0. The molecular weight excluding hydrogens is 320 g/mol. The average Bonchev–Trinajstić information content (AvgIpc) is 2.92. The summed E-state index contributed by atoms with van der Waals surface area (Å²) < 4.78 is 0. The summed E-state index contributed by atoms with van der Waals surface area (Å²) >= 11 is 0. The van der Waals surface area contributed by atoms with Crippen LogP contribution in [0.4, 0.5) is 0 Å². The van der Waals surface area contributed by atoms with Gasteiger partial charge in [-0.25, -0.2) is 4.79 Å². The number of carboxylic acids is 1. The number of rotatable bonds is 3. The zero-order valence-corrected chi connectivity index (χ0v) is 16.9. The molecule has 140 valence electrons. The van der Waals surface area contributed by atoms with Gasteiger partial charge in [-0.1, -0.05) is 63.1 Å². The predicted octanol–water partition coefficient (Wildman–Crippen LogP) is 6.38. The van der Waals surface area contributed by atoms with Crippen LogP contribution in [0.25, 0.3) is 0 Å². The van der Waals surface area contributed by atoms with E-state index in [1.165, 1.54) is 42.9 Å². The Kier molecular flexibility index (Phi) is 4.90. The van der Waals surface area contributed by atoms with Crippen molar-refractivity contribution in [2.45, 2.75) is 66.7 Å². The maximum Gasteiger partial charge on any atom is 0.328 e. The first-order valence-corrected chi connectivity index (χ1v) is 9.83. The normalized spacial score (nSPS) is 29.0. The molecule has 1 atom stereocenters. The molecule has 0 radical (unpaired) electrons. The van der Waals surface area contributed by atoms with Crippen LogP contribution >= 0.6 is 0 Å². The Hall–Kier alpha value is -1.83. The minimum atomic E-state index is -0.889. The van der Waals surface area contributed by atoms with Gasteiger partial charge in [-0.15, -0.1) is 0 Å². The first-order chi connectivity index (χ1) is 12.1. The number of allylic oxidation sites excluding steroid dienone is 9. The molecule has 3 rings (SSSR count). The Morgan fingerprint density at radius 1 is 1.27 bits per heavy atom. The molecule has 0 amide bonds. The average molecular weight is 353 g/mol. The smallest absolute Gasteiger partial charge is 0.328 e. The van der Waals surface area contributed by atoms with E-state index >= 15 is 0 Å². The van der Waals surface area contributed by atoms with Crippen LogP contribution in [0.3, 0.4) is 0 Å². The maximum atomic E-state index is 10.8. The molecule has 0 heterocycles. The summed E-state index contributed by atoms with van der Waals surface area (Å²) in [5.74, 6) is -0.295. The minimum Gasteiger partial charge on any atom is -0.478 e. The highest BCUT2D eigenvalue weighted by Gasteiger charge is 2.43. The second-order valence-electron chi connectivity index (χ2n) is 9.57. The van der Waals surface area contributed by atoms with Gasteiger partial charge in [-0.05, 0) is 66.6 Å². The van der Waals surface area contributed by atoms with Crippen LogP contribution in [-0.2, 0) is 4.79 Å². The van der Waals surface area contributed by atoms with Gasteiger partial charge in [0, 0.05) is 12.0 Å². The zero-order chi connectivity index (χ0) is 19.1. The molecule has 3 aliphatic rings. The fourth-order valence-electron chi connectivity index (χ4n) is 5.68. The molecular formula is C24H32O2. The van der Waals surface area contributed by atoms with Crippen molar-refractivity contribution in [2.75, 3.05) is 0 Å². The number of carboxylic acid groups (broad SMARTS) is 1. The molecule has 1 N–H and O–H groups in total. The molecule has 2 heteroatoms. The van der Waals surface area contributed by atoms with E-state index in [9.17, 15) is 4.79 Å². The molecule has 2 nitrogen and oxygen atoms in total. The molecule has 1 unspecified atom stereocenters. The van der Waals surface area contributed by atoms with E-state index in [-0.39, 0.29) is 10.8 Å². The standard InChI is InChI=1S/C24H32O2/c1-16(12-21(25)26)8-6-9-17-13-18-14-23(2,3)15-24(4,5)22(18)20-11-7-10-19(17)20/h6,8-9,12,14,19H,7,10-11,13,15H2,1-5H3,(H,25,26). The van der Waals surface area contributed by atoms with E-state index in [2.05, 4.69) is 39.8 Å². The maximum absolute atomic E-state index is 10.8. The third-order valence-corrected chi connectivity index (χ3v) is 6.00. The van der Waals surface area contributed by atoms with E-state index in [0.717, 1.165) is 12.0 Å². The lowest BCUT2D eigenvalue weighted by molar-refractivity contribution is -0.131. The van der Waals surface area contributed by atoms with Crippen LogP contribution in [0.2, 0.25) is 0 Å². The van der Waals surface area contributed by atoms with E-state index in [1.807, 2.05) is 19.1 Å². The molecule has 3 aliphatic carbocycles. The summed E-state index contributed by atoms with van der Waals surface area (Å²) in [5.41, 5.74) is 7.65. The monoisotopic (exact) mass is 352 g/mol. The highest BCUT2D eigenvalue weighted by molar-refractivity contribution is 5.81. The van der Waals surface area contributed by atoms with Crippen molar-refractivity contribution < 1.29 is 9.90 Å². The van der Waals surface area contributed by atoms with E-state index in [0.29, 0.717) is 5.92 Å². The lowest BCUT2D eigenvalue weighted by atomic mass is 9.59. The minimum absolute atomic E-state index is 0.246. The van der Waals surface area contributed by atoms with Crippen LogP contribution in [0.1, 0.15) is 66.7 Å². The zero-order valence-electron chi connectivity index (χ0n) is 16.9. The van der Waals surface area contributed by atoms with Gasteiger partial charge in [0.2, 0.25) is 0 Å². The van der Waals surface area contributed by atoms with Gasteiger partial charge in [0.1, 0.15) is 0 Å². The van der Waals surface area contributed by atoms with Gasteiger partial charge in [0.05, 0.1) is 0 Å². The first-order valence-electron chi connectivity index (χ1n) is 9.83. The van der Waals surface area contributed by atoms with Gasteiger partial charge in [-0.3, -0.25) is 0 Å². The molecule has 0 saturated heterocycles. The fourth-order valence-corrected chi connectivity index (χ4v) is 5.68. The molecule has 0 aromatic carbocycles. The molecule has 0 spiro atoms. The Balaban J connectivity index is 1.98. The summed E-state index contributed by atoms with van der Waals surface area (Å²) in [6.07, 6.45) is 16.0. The molecule has 0 aromatic rings. The second-order valence-corrected chi connectivity index (χ2v) is 9.57. The predicted molar refractivity (Wildman–Crippen MR) is 108 cm³/mol. The highest BCUT2D eigenvalue weighted by atomic mass is 16.4. The fraction of sp³-hybridized carbons (Fsp3) is 0.542. The van der Waals surface area contributed by atoms with Crippen LogP contribution in [0.5, 0.6) is 0 Å². The van der Waals surface area contributed by atoms with Crippen molar-refractivity contribution in [2.24, 2.45) is 16.7 Å². The SMILES string of the molecule is CC(C=CC=C1CC2=CC(C)(C)CC(C)(C)C2=C2CCCC12)=CC(=O)O. The summed E-state index contributed by atoms with van der Waals surface area (Å²) in [6.45, 7) is 11.4. The van der Waals surface area contributed by atoms with Crippen LogP contribution < -0.4 is 0 Å². The van der Waals surface area contributed by atoms with Crippen molar-refractivity contribution in [1.29, 1.82) is 0 Å². The molecule has 1 saturated carbocycles. The van der Waals surface area contributed by atoms with Crippen molar-refractivity contribution in [3.05, 3.63) is 58.2 Å². The van der Waals surface area contributed by atoms with Gasteiger partial charge in [0.25, 0.3) is 0 Å². The van der Waals surface area contributed by atoms with Crippen LogP contribution in [0, 0.1) is 16.7 Å². The van der Waals surface area contributed by atoms with E-state index in [4.69, 9.17) is 5.11 Å². The number of carbonyl (C=O) groups is 1. The molecule has 0 aliphatic heterocycles. The number of hydrogen-bond donors (Lipinski definition) is 1. The van der Waals surface area contributed by atoms with Crippen molar-refractivity contribution >= 4 is 5.97 Å². The number of fused-ring (bicyclic) bond motifs is 2.